The number of rotatable bonds is 62. The predicted octanol–water partition coefficient (Wildman–Crippen LogP) is 23.3. The fourth-order valence-electron chi connectivity index (χ4n) is 9.88. The molecule has 0 saturated carbocycles. The summed E-state index contributed by atoms with van der Waals surface area (Å²) in [5, 5.41) is 0. The van der Waals surface area contributed by atoms with Crippen LogP contribution >= 0.6 is 0 Å². The Labute approximate surface area is 484 Å². The number of carbonyl (C=O) groups is 3. The average molecular weight is 1090 g/mol. The molecule has 78 heavy (non-hydrogen) atoms. The maximum atomic E-state index is 12.9. The lowest BCUT2D eigenvalue weighted by molar-refractivity contribution is -0.167. The van der Waals surface area contributed by atoms with Gasteiger partial charge in [0.25, 0.3) is 0 Å². The zero-order valence-electron chi connectivity index (χ0n) is 51.9. The van der Waals surface area contributed by atoms with Crippen LogP contribution in [0.5, 0.6) is 0 Å². The van der Waals surface area contributed by atoms with Crippen LogP contribution in [0.1, 0.15) is 348 Å². The minimum Gasteiger partial charge on any atom is -0.462 e. The van der Waals surface area contributed by atoms with Gasteiger partial charge in [-0.2, -0.15) is 0 Å². The number of hydrogen-bond donors (Lipinski definition) is 0. The number of hydrogen-bond acceptors (Lipinski definition) is 6. The summed E-state index contributed by atoms with van der Waals surface area (Å²) < 4.78 is 16.9. The highest BCUT2D eigenvalue weighted by molar-refractivity contribution is 5.71. The van der Waals surface area contributed by atoms with Crippen LogP contribution in [0.2, 0.25) is 0 Å². The number of unbranched alkanes of at least 4 members (excludes halogenated alkanes) is 39. The van der Waals surface area contributed by atoms with Gasteiger partial charge in [-0.3, -0.25) is 14.4 Å². The zero-order valence-corrected chi connectivity index (χ0v) is 51.9. The van der Waals surface area contributed by atoms with Crippen molar-refractivity contribution in [3.05, 3.63) is 72.9 Å². The Morgan fingerprint density at radius 2 is 0.500 bits per heavy atom. The highest BCUT2D eigenvalue weighted by Gasteiger charge is 2.19. The van der Waals surface area contributed by atoms with E-state index in [-0.39, 0.29) is 31.1 Å². The van der Waals surface area contributed by atoms with E-state index in [1.165, 1.54) is 218 Å². The summed E-state index contributed by atoms with van der Waals surface area (Å²) in [4.78, 5) is 38.2. The summed E-state index contributed by atoms with van der Waals surface area (Å²) in [6.07, 6.45) is 86.6. The molecule has 1 unspecified atom stereocenters. The Bertz CT molecular complexity index is 1440. The molecule has 0 amide bonds. The molecule has 0 spiro atoms. The van der Waals surface area contributed by atoms with Crippen molar-refractivity contribution in [3.8, 4) is 0 Å². The van der Waals surface area contributed by atoms with Crippen molar-refractivity contribution in [3.63, 3.8) is 0 Å². The van der Waals surface area contributed by atoms with Gasteiger partial charge in [0.05, 0.1) is 0 Å². The maximum absolute atomic E-state index is 12.9. The lowest BCUT2D eigenvalue weighted by Crippen LogP contribution is -2.30. The van der Waals surface area contributed by atoms with E-state index in [2.05, 4.69) is 93.7 Å². The second-order valence-electron chi connectivity index (χ2n) is 22.7. The molecular formula is C72H128O6. The molecule has 0 N–H and O–H groups in total. The molecule has 0 saturated heterocycles. The summed E-state index contributed by atoms with van der Waals surface area (Å²) in [6, 6.07) is 0. The van der Waals surface area contributed by atoms with Crippen molar-refractivity contribution in [1.82, 2.24) is 0 Å². The molecule has 0 aliphatic heterocycles. The van der Waals surface area contributed by atoms with E-state index in [4.69, 9.17) is 14.2 Å². The van der Waals surface area contributed by atoms with E-state index in [0.29, 0.717) is 19.3 Å². The van der Waals surface area contributed by atoms with Crippen molar-refractivity contribution in [2.75, 3.05) is 13.2 Å². The Kier molecular flexibility index (Phi) is 63.7. The summed E-state index contributed by atoms with van der Waals surface area (Å²) in [5.41, 5.74) is 0. The second-order valence-corrected chi connectivity index (χ2v) is 22.7. The van der Waals surface area contributed by atoms with Crippen LogP contribution in [0.15, 0.2) is 72.9 Å². The van der Waals surface area contributed by atoms with Gasteiger partial charge in [0.15, 0.2) is 6.10 Å². The molecule has 0 bridgehead atoms. The van der Waals surface area contributed by atoms with Gasteiger partial charge >= 0.3 is 17.9 Å². The first-order valence-corrected chi connectivity index (χ1v) is 33.9. The Morgan fingerprint density at radius 3 is 0.782 bits per heavy atom. The quantitative estimate of drug-likeness (QED) is 0.0261. The predicted molar refractivity (Wildman–Crippen MR) is 339 cm³/mol. The van der Waals surface area contributed by atoms with Crippen molar-refractivity contribution in [2.24, 2.45) is 0 Å². The number of ether oxygens (including phenoxy) is 3. The normalized spacial score (nSPS) is 12.5. The van der Waals surface area contributed by atoms with E-state index in [1.807, 2.05) is 0 Å². The van der Waals surface area contributed by atoms with Gasteiger partial charge in [0.2, 0.25) is 0 Å². The topological polar surface area (TPSA) is 78.9 Å². The van der Waals surface area contributed by atoms with Gasteiger partial charge in [-0.1, -0.05) is 312 Å². The molecule has 452 valence electrons. The van der Waals surface area contributed by atoms with E-state index in [0.717, 1.165) is 89.9 Å². The summed E-state index contributed by atoms with van der Waals surface area (Å²) in [7, 11) is 0. The van der Waals surface area contributed by atoms with E-state index in [1.54, 1.807) is 0 Å². The van der Waals surface area contributed by atoms with Gasteiger partial charge in [0.1, 0.15) is 13.2 Å². The van der Waals surface area contributed by atoms with E-state index in [9.17, 15) is 14.4 Å². The summed E-state index contributed by atoms with van der Waals surface area (Å²) in [6.45, 7) is 6.53. The van der Waals surface area contributed by atoms with Gasteiger partial charge in [-0.25, -0.2) is 0 Å². The van der Waals surface area contributed by atoms with Crippen LogP contribution in [-0.2, 0) is 28.6 Å². The Balaban J connectivity index is 4.12. The van der Waals surface area contributed by atoms with Crippen molar-refractivity contribution >= 4 is 17.9 Å². The summed E-state index contributed by atoms with van der Waals surface area (Å²) >= 11 is 0. The highest BCUT2D eigenvalue weighted by Crippen LogP contribution is 2.17. The fraction of sp³-hybridized carbons (Fsp3) is 0.792. The maximum Gasteiger partial charge on any atom is 0.306 e. The fourth-order valence-corrected chi connectivity index (χ4v) is 9.88. The molecule has 0 aliphatic carbocycles. The Hall–Kier alpha value is -3.15. The third kappa shape index (κ3) is 63.7. The van der Waals surface area contributed by atoms with Gasteiger partial charge < -0.3 is 14.2 Å². The second kappa shape index (κ2) is 66.4. The van der Waals surface area contributed by atoms with E-state index < -0.39 is 6.10 Å². The molecule has 0 aromatic rings. The highest BCUT2D eigenvalue weighted by atomic mass is 16.6. The molecule has 6 heteroatoms. The molecule has 0 aromatic carbocycles. The van der Waals surface area contributed by atoms with Crippen molar-refractivity contribution < 1.29 is 28.6 Å². The van der Waals surface area contributed by atoms with Crippen LogP contribution in [0.4, 0.5) is 0 Å². The number of carbonyl (C=O) groups excluding carboxylic acids is 3. The van der Waals surface area contributed by atoms with Crippen molar-refractivity contribution in [2.45, 2.75) is 354 Å². The molecule has 0 fully saturated rings. The van der Waals surface area contributed by atoms with Crippen LogP contribution in [0, 0.1) is 0 Å². The van der Waals surface area contributed by atoms with Crippen LogP contribution in [0.3, 0.4) is 0 Å². The smallest absolute Gasteiger partial charge is 0.306 e. The summed E-state index contributed by atoms with van der Waals surface area (Å²) in [5.74, 6) is -0.861. The number of esters is 3. The molecule has 1 atom stereocenters. The van der Waals surface area contributed by atoms with Gasteiger partial charge in [0, 0.05) is 19.3 Å². The lowest BCUT2D eigenvalue weighted by atomic mass is 10.0. The third-order valence-electron chi connectivity index (χ3n) is 14.9. The first-order valence-electron chi connectivity index (χ1n) is 33.9. The average Bonchev–Trinajstić information content (AvgIpc) is 3.44. The monoisotopic (exact) mass is 1090 g/mol. The molecular weight excluding hydrogens is 961 g/mol. The first kappa shape index (κ1) is 74.8. The molecule has 0 heterocycles. The van der Waals surface area contributed by atoms with Crippen LogP contribution in [0.25, 0.3) is 0 Å². The van der Waals surface area contributed by atoms with Crippen molar-refractivity contribution in [1.29, 1.82) is 0 Å². The Morgan fingerprint density at radius 1 is 0.269 bits per heavy atom. The van der Waals surface area contributed by atoms with Gasteiger partial charge in [-0.05, 0) is 89.9 Å². The minimum atomic E-state index is -0.774. The standard InChI is InChI=1S/C72H128O6/c1-4-7-10-13-16-19-21-23-25-27-29-31-33-35-36-38-39-41-43-45-47-49-51-53-56-59-62-65-71(74)77-68-69(67-76-70(73)64-61-58-55-18-15-12-9-6-3)78-72(75)66-63-60-57-54-52-50-48-46-44-42-40-37-34-32-30-28-26-24-22-20-17-14-11-8-5-2/h8,11,17,20-21,23-24,26-27,29-30,32,69H,4-7,9-10,12-16,18-19,22,25,28,31,33-68H2,1-3H3/b11-8-,20-17-,23-21-,26-24-,29-27-,32-30-. The van der Waals surface area contributed by atoms with Gasteiger partial charge in [-0.15, -0.1) is 0 Å². The third-order valence-corrected chi connectivity index (χ3v) is 14.9. The zero-order chi connectivity index (χ0) is 56.4. The van der Waals surface area contributed by atoms with Crippen LogP contribution < -0.4 is 0 Å². The lowest BCUT2D eigenvalue weighted by Gasteiger charge is -2.18. The first-order chi connectivity index (χ1) is 38.5. The minimum absolute atomic E-state index is 0.0721. The largest absolute Gasteiger partial charge is 0.462 e. The molecule has 0 aromatic heterocycles. The molecule has 6 nitrogen and oxygen atoms in total. The van der Waals surface area contributed by atoms with E-state index >= 15 is 0 Å². The molecule has 0 rings (SSSR count). The molecule has 0 aliphatic rings. The molecule has 0 radical (unpaired) electrons. The SMILES string of the molecule is CC/C=C\C/C=C\C/C=C\C/C=C\CCCCCCCCCCCCCCC(=O)OC(COC(=O)CCCCCCCCCC)COC(=O)CCCCCCCCCCCCCCCCC/C=C\C/C=C\CCCCCCC. The van der Waals surface area contributed by atoms with Crippen LogP contribution in [-0.4, -0.2) is 37.2 Å². The number of allylic oxidation sites excluding steroid dienone is 12.